The van der Waals surface area contributed by atoms with Crippen molar-refractivity contribution in [1.82, 2.24) is 0 Å². The fourth-order valence-electron chi connectivity index (χ4n) is 0.698. The molecule has 0 rings (SSSR count). The van der Waals surface area contributed by atoms with E-state index >= 15 is 0 Å². The lowest BCUT2D eigenvalue weighted by atomic mass is 10.1. The van der Waals surface area contributed by atoms with Gasteiger partial charge < -0.3 is 0 Å². The lowest BCUT2D eigenvalue weighted by molar-refractivity contribution is 0.744. The molecule has 0 aliphatic heterocycles. The van der Waals surface area contributed by atoms with Crippen LogP contribution in [0.4, 0.5) is 0 Å². The zero-order valence-corrected chi connectivity index (χ0v) is 6.88. The van der Waals surface area contributed by atoms with Crippen LogP contribution in [0.1, 0.15) is 20.3 Å². The lowest BCUT2D eigenvalue weighted by Gasteiger charge is -1.98. The van der Waals surface area contributed by atoms with Gasteiger partial charge in [-0.25, -0.2) is 0 Å². The van der Waals surface area contributed by atoms with Crippen molar-refractivity contribution >= 4 is 0 Å². The van der Waals surface area contributed by atoms with Crippen LogP contribution in [-0.4, -0.2) is 0 Å². The molecule has 0 aromatic rings. The van der Waals surface area contributed by atoms with Gasteiger partial charge in [0.05, 0.1) is 0 Å². The molecule has 0 saturated heterocycles. The molecule has 1 atom stereocenters. The van der Waals surface area contributed by atoms with E-state index < -0.39 is 0 Å². The Hall–Kier alpha value is -0.780. The summed E-state index contributed by atoms with van der Waals surface area (Å²) in [5, 5.41) is 0. The molecule has 0 aliphatic carbocycles. The second kappa shape index (κ2) is 6.34. The fraction of sp³-hybridized carbons (Fsp3) is 0.400. The Balaban J connectivity index is 3.51. The Bertz CT molecular complexity index is 129. The standard InChI is InChI=1S/C10H16/c1-4-6-8-10(3)9-7-5-2/h4-8,10H,1,9H2,2-3H3/b7-5+,8-6+. The van der Waals surface area contributed by atoms with Crippen molar-refractivity contribution in [2.45, 2.75) is 20.3 Å². The summed E-state index contributed by atoms with van der Waals surface area (Å²) in [5.74, 6) is 0.634. The largest absolute Gasteiger partial charge is 0.0991 e. The highest BCUT2D eigenvalue weighted by molar-refractivity contribution is 5.00. The van der Waals surface area contributed by atoms with E-state index in [0.717, 1.165) is 6.42 Å². The first-order chi connectivity index (χ1) is 4.81. The maximum atomic E-state index is 3.61. The van der Waals surface area contributed by atoms with Crippen molar-refractivity contribution in [3.05, 3.63) is 37.0 Å². The third kappa shape index (κ3) is 5.36. The second-order valence-corrected chi connectivity index (χ2v) is 2.40. The Morgan fingerprint density at radius 2 is 2.20 bits per heavy atom. The molecule has 0 nitrogen and oxygen atoms in total. The van der Waals surface area contributed by atoms with Crippen LogP contribution in [0.25, 0.3) is 0 Å². The van der Waals surface area contributed by atoms with E-state index in [4.69, 9.17) is 0 Å². The summed E-state index contributed by atoms with van der Waals surface area (Å²) in [6.45, 7) is 7.85. The summed E-state index contributed by atoms with van der Waals surface area (Å²) < 4.78 is 0. The van der Waals surface area contributed by atoms with Gasteiger partial charge in [-0.2, -0.15) is 0 Å². The molecule has 56 valence electrons. The van der Waals surface area contributed by atoms with E-state index in [0.29, 0.717) is 5.92 Å². The number of hydrogen-bond donors (Lipinski definition) is 0. The van der Waals surface area contributed by atoms with Crippen LogP contribution in [0.15, 0.2) is 37.0 Å². The van der Waals surface area contributed by atoms with Gasteiger partial charge in [-0.05, 0) is 19.3 Å². The molecule has 0 radical (unpaired) electrons. The topological polar surface area (TPSA) is 0 Å². The minimum Gasteiger partial charge on any atom is -0.0991 e. The smallest absolute Gasteiger partial charge is 0.0224 e. The molecule has 0 aromatic carbocycles. The average molecular weight is 136 g/mol. The van der Waals surface area contributed by atoms with Crippen molar-refractivity contribution in [2.75, 3.05) is 0 Å². The van der Waals surface area contributed by atoms with Crippen molar-refractivity contribution in [1.29, 1.82) is 0 Å². The summed E-state index contributed by atoms with van der Waals surface area (Å²) in [7, 11) is 0. The van der Waals surface area contributed by atoms with Crippen LogP contribution in [0, 0.1) is 5.92 Å². The van der Waals surface area contributed by atoms with E-state index in [1.807, 2.05) is 19.1 Å². The van der Waals surface area contributed by atoms with Gasteiger partial charge in [-0.1, -0.05) is 43.9 Å². The molecule has 0 spiro atoms. The highest BCUT2D eigenvalue weighted by Gasteiger charge is 1.89. The van der Waals surface area contributed by atoms with E-state index in [-0.39, 0.29) is 0 Å². The minimum absolute atomic E-state index is 0.634. The van der Waals surface area contributed by atoms with Crippen LogP contribution in [0.2, 0.25) is 0 Å². The summed E-state index contributed by atoms with van der Waals surface area (Å²) in [6, 6.07) is 0. The average Bonchev–Trinajstić information content (AvgIpc) is 1.97. The molecule has 0 heteroatoms. The highest BCUT2D eigenvalue weighted by Crippen LogP contribution is 2.03. The lowest BCUT2D eigenvalue weighted by Crippen LogP contribution is -1.84. The summed E-state index contributed by atoms with van der Waals surface area (Å²) in [6.07, 6.45) is 11.4. The third-order valence-corrected chi connectivity index (χ3v) is 1.32. The van der Waals surface area contributed by atoms with Gasteiger partial charge >= 0.3 is 0 Å². The number of rotatable bonds is 4. The number of hydrogen-bond acceptors (Lipinski definition) is 0. The van der Waals surface area contributed by atoms with E-state index in [1.54, 1.807) is 0 Å². The minimum atomic E-state index is 0.634. The van der Waals surface area contributed by atoms with E-state index in [2.05, 4.69) is 31.7 Å². The molecule has 0 N–H and O–H groups in total. The van der Waals surface area contributed by atoms with Crippen LogP contribution in [0.3, 0.4) is 0 Å². The summed E-state index contributed by atoms with van der Waals surface area (Å²) >= 11 is 0. The highest BCUT2D eigenvalue weighted by atomic mass is 13.9. The van der Waals surface area contributed by atoms with Gasteiger partial charge in [0.25, 0.3) is 0 Å². The first kappa shape index (κ1) is 9.22. The van der Waals surface area contributed by atoms with Gasteiger partial charge in [0.2, 0.25) is 0 Å². The summed E-state index contributed by atoms with van der Waals surface area (Å²) in [4.78, 5) is 0. The predicted molar refractivity (Wildman–Crippen MR) is 47.9 cm³/mol. The SMILES string of the molecule is C=C/C=C/C(C)C/C=C/C. The van der Waals surface area contributed by atoms with Gasteiger partial charge in [-0.15, -0.1) is 0 Å². The van der Waals surface area contributed by atoms with Gasteiger partial charge in [-0.3, -0.25) is 0 Å². The van der Waals surface area contributed by atoms with Crippen LogP contribution >= 0.6 is 0 Å². The molecular weight excluding hydrogens is 120 g/mol. The van der Waals surface area contributed by atoms with Crippen LogP contribution in [0.5, 0.6) is 0 Å². The third-order valence-electron chi connectivity index (χ3n) is 1.32. The van der Waals surface area contributed by atoms with Crippen molar-refractivity contribution < 1.29 is 0 Å². The molecule has 0 amide bonds. The molecule has 10 heavy (non-hydrogen) atoms. The molecule has 0 aromatic heterocycles. The van der Waals surface area contributed by atoms with Gasteiger partial charge in [0.15, 0.2) is 0 Å². The Morgan fingerprint density at radius 3 is 2.70 bits per heavy atom. The second-order valence-electron chi connectivity index (χ2n) is 2.40. The molecule has 0 heterocycles. The molecule has 1 unspecified atom stereocenters. The van der Waals surface area contributed by atoms with Gasteiger partial charge in [0.1, 0.15) is 0 Å². The molecule has 0 fully saturated rings. The fourth-order valence-corrected chi connectivity index (χ4v) is 0.698. The van der Waals surface area contributed by atoms with E-state index in [9.17, 15) is 0 Å². The predicted octanol–water partition coefficient (Wildman–Crippen LogP) is 3.33. The van der Waals surface area contributed by atoms with Crippen molar-refractivity contribution in [2.24, 2.45) is 5.92 Å². The van der Waals surface area contributed by atoms with Crippen LogP contribution in [-0.2, 0) is 0 Å². The normalized spacial score (nSPS) is 14.6. The molecule has 0 saturated carbocycles. The zero-order valence-electron chi connectivity index (χ0n) is 6.88. The number of allylic oxidation sites excluding steroid dienone is 5. The first-order valence-electron chi connectivity index (χ1n) is 3.71. The Morgan fingerprint density at radius 1 is 1.50 bits per heavy atom. The zero-order chi connectivity index (χ0) is 7.82. The van der Waals surface area contributed by atoms with Crippen LogP contribution < -0.4 is 0 Å². The van der Waals surface area contributed by atoms with Crippen molar-refractivity contribution in [3.63, 3.8) is 0 Å². The van der Waals surface area contributed by atoms with E-state index in [1.165, 1.54) is 0 Å². The van der Waals surface area contributed by atoms with Gasteiger partial charge in [0, 0.05) is 0 Å². The monoisotopic (exact) mass is 136 g/mol. The molecular formula is C10H16. The molecule has 0 aliphatic rings. The van der Waals surface area contributed by atoms with Crippen molar-refractivity contribution in [3.8, 4) is 0 Å². The Labute approximate surface area is 64.0 Å². The summed E-state index contributed by atoms with van der Waals surface area (Å²) in [5.41, 5.74) is 0. The Kier molecular flexibility index (Phi) is 5.85. The first-order valence-corrected chi connectivity index (χ1v) is 3.71. The molecule has 0 bridgehead atoms. The maximum absolute atomic E-state index is 3.61. The maximum Gasteiger partial charge on any atom is -0.0224 e. The quantitative estimate of drug-likeness (QED) is 0.411.